The lowest BCUT2D eigenvalue weighted by atomic mass is 10.2. The van der Waals surface area contributed by atoms with Crippen LogP contribution >= 0.6 is 0 Å². The van der Waals surface area contributed by atoms with Gasteiger partial charge in [0, 0.05) is 12.1 Å². The van der Waals surface area contributed by atoms with Gasteiger partial charge in [-0.3, -0.25) is 10.1 Å². The van der Waals surface area contributed by atoms with Gasteiger partial charge in [-0.15, -0.1) is 0 Å². The van der Waals surface area contributed by atoms with Crippen molar-refractivity contribution in [3.8, 4) is 0 Å². The zero-order valence-electron chi connectivity index (χ0n) is 7.75. The zero-order valence-corrected chi connectivity index (χ0v) is 7.75. The molecule has 0 spiro atoms. The number of non-ortho nitro benzene ring substituents is 1. The van der Waals surface area contributed by atoms with Crippen LogP contribution in [-0.2, 0) is 0 Å². The van der Waals surface area contributed by atoms with Gasteiger partial charge in [0.1, 0.15) is 0 Å². The fourth-order valence-corrected chi connectivity index (χ4v) is 0.958. The second-order valence-corrected chi connectivity index (χ2v) is 2.95. The third-order valence-electron chi connectivity index (χ3n) is 1.67. The molecule has 0 heterocycles. The summed E-state index contributed by atoms with van der Waals surface area (Å²) < 4.78 is 0. The highest BCUT2D eigenvalue weighted by molar-refractivity contribution is 5.52. The van der Waals surface area contributed by atoms with Crippen molar-refractivity contribution in [1.29, 1.82) is 0 Å². The SMILES string of the molecule is CC(O)C=Cc1ccc([N+](=O)[O-])cc1. The minimum Gasteiger partial charge on any atom is -0.389 e. The van der Waals surface area contributed by atoms with Gasteiger partial charge < -0.3 is 5.11 Å². The standard InChI is InChI=1S/C10H11NO3/c1-8(12)2-3-9-4-6-10(7-5-9)11(13)14/h2-8,12H,1H3. The van der Waals surface area contributed by atoms with E-state index in [1.165, 1.54) is 12.1 Å². The van der Waals surface area contributed by atoms with Crippen molar-refractivity contribution in [2.75, 3.05) is 0 Å². The average Bonchev–Trinajstić information content (AvgIpc) is 2.15. The second kappa shape index (κ2) is 4.53. The van der Waals surface area contributed by atoms with Gasteiger partial charge in [-0.2, -0.15) is 0 Å². The van der Waals surface area contributed by atoms with Crippen molar-refractivity contribution >= 4 is 11.8 Å². The van der Waals surface area contributed by atoms with Gasteiger partial charge in [0.25, 0.3) is 5.69 Å². The van der Waals surface area contributed by atoms with Crippen molar-refractivity contribution < 1.29 is 10.0 Å². The van der Waals surface area contributed by atoms with E-state index < -0.39 is 11.0 Å². The first kappa shape index (κ1) is 10.4. The molecule has 0 radical (unpaired) electrons. The fourth-order valence-electron chi connectivity index (χ4n) is 0.958. The van der Waals surface area contributed by atoms with Gasteiger partial charge in [-0.05, 0) is 24.6 Å². The molecule has 4 heteroatoms. The Morgan fingerprint density at radius 2 is 2.00 bits per heavy atom. The maximum absolute atomic E-state index is 10.3. The highest BCUT2D eigenvalue weighted by Crippen LogP contribution is 2.12. The first-order valence-electron chi connectivity index (χ1n) is 4.20. The monoisotopic (exact) mass is 193 g/mol. The van der Waals surface area contributed by atoms with Crippen molar-refractivity contribution in [2.45, 2.75) is 13.0 Å². The predicted molar refractivity (Wildman–Crippen MR) is 53.8 cm³/mol. The van der Waals surface area contributed by atoms with Crippen LogP contribution in [0, 0.1) is 10.1 Å². The van der Waals surface area contributed by atoms with Crippen LogP contribution < -0.4 is 0 Å². The van der Waals surface area contributed by atoms with Gasteiger partial charge >= 0.3 is 0 Å². The van der Waals surface area contributed by atoms with Gasteiger partial charge in [0.05, 0.1) is 11.0 Å². The first-order chi connectivity index (χ1) is 6.59. The molecule has 0 fully saturated rings. The zero-order chi connectivity index (χ0) is 10.6. The molecule has 0 bridgehead atoms. The molecule has 1 aromatic carbocycles. The summed E-state index contributed by atoms with van der Waals surface area (Å²) in [7, 11) is 0. The van der Waals surface area contributed by atoms with Crippen LogP contribution in [0.3, 0.4) is 0 Å². The molecule has 4 nitrogen and oxygen atoms in total. The Balaban J connectivity index is 2.78. The van der Waals surface area contributed by atoms with Crippen LogP contribution in [0.15, 0.2) is 30.3 Å². The minimum atomic E-state index is -0.509. The van der Waals surface area contributed by atoms with Crippen molar-refractivity contribution in [3.05, 3.63) is 46.0 Å². The molecule has 1 unspecified atom stereocenters. The summed E-state index contributed by atoms with van der Waals surface area (Å²) in [6, 6.07) is 6.14. The molecular weight excluding hydrogens is 182 g/mol. The van der Waals surface area contributed by atoms with E-state index in [4.69, 9.17) is 5.11 Å². The molecule has 1 atom stereocenters. The second-order valence-electron chi connectivity index (χ2n) is 2.95. The molecule has 74 valence electrons. The lowest BCUT2D eigenvalue weighted by Gasteiger charge is -1.95. The molecule has 0 saturated heterocycles. The van der Waals surface area contributed by atoms with Crippen molar-refractivity contribution in [3.63, 3.8) is 0 Å². The summed E-state index contributed by atoms with van der Waals surface area (Å²) >= 11 is 0. The lowest BCUT2D eigenvalue weighted by molar-refractivity contribution is -0.384. The molecule has 0 saturated carbocycles. The smallest absolute Gasteiger partial charge is 0.269 e. The first-order valence-corrected chi connectivity index (χ1v) is 4.20. The quantitative estimate of drug-likeness (QED) is 0.589. The van der Waals surface area contributed by atoms with Gasteiger partial charge in [-0.1, -0.05) is 12.2 Å². The van der Waals surface area contributed by atoms with Crippen molar-refractivity contribution in [2.24, 2.45) is 0 Å². The number of rotatable bonds is 3. The highest BCUT2D eigenvalue weighted by atomic mass is 16.6. The summed E-state index contributed by atoms with van der Waals surface area (Å²) in [5.41, 5.74) is 0.899. The molecule has 1 N–H and O–H groups in total. The predicted octanol–water partition coefficient (Wildman–Crippen LogP) is 1.99. The molecule has 0 aliphatic carbocycles. The molecule has 1 rings (SSSR count). The van der Waals surface area contributed by atoms with E-state index in [-0.39, 0.29) is 5.69 Å². The van der Waals surface area contributed by atoms with E-state index in [1.807, 2.05) is 0 Å². The molecule has 0 aromatic heterocycles. The molecule has 1 aromatic rings. The van der Waals surface area contributed by atoms with Crippen LogP contribution in [0.25, 0.3) is 6.08 Å². The van der Waals surface area contributed by atoms with Crippen LogP contribution in [0.4, 0.5) is 5.69 Å². The molecule has 0 aliphatic rings. The Kier molecular flexibility index (Phi) is 3.36. The lowest BCUT2D eigenvalue weighted by Crippen LogP contribution is -1.91. The minimum absolute atomic E-state index is 0.0687. The Hall–Kier alpha value is -1.68. The van der Waals surface area contributed by atoms with E-state index >= 15 is 0 Å². The molecule has 0 amide bonds. The molecular formula is C10H11NO3. The van der Waals surface area contributed by atoms with E-state index in [1.54, 1.807) is 31.2 Å². The summed E-state index contributed by atoms with van der Waals surface area (Å²) in [5, 5.41) is 19.3. The van der Waals surface area contributed by atoms with Gasteiger partial charge in [-0.25, -0.2) is 0 Å². The number of aliphatic hydroxyl groups excluding tert-OH is 1. The maximum Gasteiger partial charge on any atom is 0.269 e. The van der Waals surface area contributed by atoms with Crippen LogP contribution in [0.2, 0.25) is 0 Å². The van der Waals surface area contributed by atoms with Gasteiger partial charge in [0.2, 0.25) is 0 Å². The Labute approximate surface area is 81.6 Å². The number of benzene rings is 1. The summed E-state index contributed by atoms with van der Waals surface area (Å²) in [6.45, 7) is 1.64. The number of aliphatic hydroxyl groups is 1. The van der Waals surface area contributed by atoms with E-state index in [0.29, 0.717) is 0 Å². The van der Waals surface area contributed by atoms with Crippen LogP contribution in [0.5, 0.6) is 0 Å². The maximum atomic E-state index is 10.3. The fraction of sp³-hybridized carbons (Fsp3) is 0.200. The summed E-state index contributed by atoms with van der Waals surface area (Å²) in [6.07, 6.45) is 2.82. The largest absolute Gasteiger partial charge is 0.389 e. The summed E-state index contributed by atoms with van der Waals surface area (Å²) in [5.74, 6) is 0. The number of nitrogens with zero attached hydrogens (tertiary/aromatic N) is 1. The third-order valence-corrected chi connectivity index (χ3v) is 1.67. The van der Waals surface area contributed by atoms with Crippen LogP contribution in [0.1, 0.15) is 12.5 Å². The number of nitro groups is 1. The van der Waals surface area contributed by atoms with Crippen molar-refractivity contribution in [1.82, 2.24) is 0 Å². The Morgan fingerprint density at radius 1 is 1.43 bits per heavy atom. The molecule has 14 heavy (non-hydrogen) atoms. The topological polar surface area (TPSA) is 63.4 Å². The Morgan fingerprint density at radius 3 is 2.43 bits per heavy atom. The number of nitro benzene ring substituents is 1. The summed E-state index contributed by atoms with van der Waals surface area (Å²) in [4.78, 5) is 9.88. The van der Waals surface area contributed by atoms with Crippen LogP contribution in [-0.4, -0.2) is 16.1 Å². The third kappa shape index (κ3) is 2.99. The van der Waals surface area contributed by atoms with E-state index in [2.05, 4.69) is 0 Å². The van der Waals surface area contributed by atoms with E-state index in [0.717, 1.165) is 5.56 Å². The number of hydrogen-bond donors (Lipinski definition) is 1. The number of hydrogen-bond acceptors (Lipinski definition) is 3. The highest BCUT2D eigenvalue weighted by Gasteiger charge is 2.01. The normalized spacial score (nSPS) is 13.0. The average molecular weight is 193 g/mol. The Bertz CT molecular complexity index is 341. The van der Waals surface area contributed by atoms with Gasteiger partial charge in [0.15, 0.2) is 0 Å². The van der Waals surface area contributed by atoms with E-state index in [9.17, 15) is 10.1 Å². The molecule has 0 aliphatic heterocycles.